The average molecular weight is 382 g/mol. The number of thiazole rings is 1. The summed E-state index contributed by atoms with van der Waals surface area (Å²) in [5.41, 5.74) is 1.14. The second kappa shape index (κ2) is 8.02. The van der Waals surface area contributed by atoms with Crippen molar-refractivity contribution in [1.29, 1.82) is 0 Å². The molecule has 0 unspecified atom stereocenters. The predicted molar refractivity (Wildman–Crippen MR) is 100.0 cm³/mol. The lowest BCUT2D eigenvalue weighted by Crippen LogP contribution is -2.44. The van der Waals surface area contributed by atoms with Gasteiger partial charge < -0.3 is 9.64 Å². The minimum absolute atomic E-state index is 0.285. The molecule has 1 amide bonds. The van der Waals surface area contributed by atoms with Crippen LogP contribution in [-0.4, -0.2) is 47.1 Å². The SMILES string of the molecule is O=C(Nc1ncc(Cc2ccc(Cl)cc2)s1)C(=S)N1CCOCC1. The minimum atomic E-state index is -0.292. The van der Waals surface area contributed by atoms with E-state index >= 15 is 0 Å². The number of hydrogen-bond donors (Lipinski definition) is 1. The lowest BCUT2D eigenvalue weighted by Gasteiger charge is -2.28. The molecule has 2 aromatic rings. The number of anilines is 1. The Balaban J connectivity index is 1.58. The molecule has 0 aliphatic carbocycles. The van der Waals surface area contributed by atoms with Gasteiger partial charge in [-0.2, -0.15) is 0 Å². The van der Waals surface area contributed by atoms with Gasteiger partial charge in [-0.15, -0.1) is 11.3 Å². The molecule has 1 N–H and O–H groups in total. The highest BCUT2D eigenvalue weighted by molar-refractivity contribution is 7.82. The van der Waals surface area contributed by atoms with E-state index in [1.54, 1.807) is 6.20 Å². The third-order valence-electron chi connectivity index (χ3n) is 3.56. The largest absolute Gasteiger partial charge is 0.378 e. The molecule has 0 saturated carbocycles. The second-order valence-electron chi connectivity index (χ2n) is 5.29. The van der Waals surface area contributed by atoms with Crippen molar-refractivity contribution in [3.8, 4) is 0 Å². The minimum Gasteiger partial charge on any atom is -0.378 e. The first-order valence-electron chi connectivity index (χ1n) is 7.49. The molecule has 0 bridgehead atoms. The van der Waals surface area contributed by atoms with Crippen LogP contribution in [0.5, 0.6) is 0 Å². The van der Waals surface area contributed by atoms with Gasteiger partial charge in [-0.1, -0.05) is 36.0 Å². The zero-order valence-corrected chi connectivity index (χ0v) is 15.2. The predicted octanol–water partition coefficient (Wildman–Crippen LogP) is 2.99. The number of morpholine rings is 1. The summed E-state index contributed by atoms with van der Waals surface area (Å²) in [7, 11) is 0. The first-order chi connectivity index (χ1) is 11.6. The number of rotatable bonds is 3. The molecular weight excluding hydrogens is 366 g/mol. The molecule has 1 saturated heterocycles. The molecule has 0 radical (unpaired) electrons. The van der Waals surface area contributed by atoms with Crippen molar-refractivity contribution in [1.82, 2.24) is 9.88 Å². The van der Waals surface area contributed by atoms with Crippen LogP contribution in [0.4, 0.5) is 5.13 Å². The fraction of sp³-hybridized carbons (Fsp3) is 0.312. The normalized spacial score (nSPS) is 14.5. The van der Waals surface area contributed by atoms with E-state index in [0.29, 0.717) is 36.5 Å². The number of halogens is 1. The highest BCUT2D eigenvalue weighted by Gasteiger charge is 2.20. The molecule has 0 spiro atoms. The molecule has 0 atom stereocenters. The van der Waals surface area contributed by atoms with E-state index in [9.17, 15) is 4.79 Å². The number of aromatic nitrogens is 1. The van der Waals surface area contributed by atoms with Crippen LogP contribution >= 0.6 is 35.2 Å². The van der Waals surface area contributed by atoms with E-state index in [4.69, 9.17) is 28.6 Å². The van der Waals surface area contributed by atoms with Gasteiger partial charge in [0, 0.05) is 35.6 Å². The van der Waals surface area contributed by atoms with Gasteiger partial charge in [-0.05, 0) is 17.7 Å². The van der Waals surface area contributed by atoms with Gasteiger partial charge in [0.15, 0.2) is 10.1 Å². The third-order valence-corrected chi connectivity index (χ3v) is 5.17. The highest BCUT2D eigenvalue weighted by atomic mass is 35.5. The standard InChI is InChI=1S/C16H16ClN3O2S2/c17-12-3-1-11(2-4-12)9-13-10-18-16(24-13)19-14(21)15(23)20-5-7-22-8-6-20/h1-4,10H,5-9H2,(H,18,19,21). The van der Waals surface area contributed by atoms with Gasteiger partial charge in [0.05, 0.1) is 13.2 Å². The lowest BCUT2D eigenvalue weighted by molar-refractivity contribution is -0.111. The Morgan fingerprint density at radius 3 is 2.75 bits per heavy atom. The Morgan fingerprint density at radius 2 is 2.04 bits per heavy atom. The number of carbonyl (C=O) groups excluding carboxylic acids is 1. The molecule has 1 aromatic heterocycles. The number of thiocarbonyl (C=S) groups is 1. The molecular formula is C16H16ClN3O2S2. The van der Waals surface area contributed by atoms with E-state index in [1.165, 1.54) is 11.3 Å². The summed E-state index contributed by atoms with van der Waals surface area (Å²) in [5, 5.41) is 4.05. The summed E-state index contributed by atoms with van der Waals surface area (Å²) < 4.78 is 5.26. The van der Waals surface area contributed by atoms with Gasteiger partial charge in [0.1, 0.15) is 0 Å². The van der Waals surface area contributed by atoms with Crippen LogP contribution in [0, 0.1) is 0 Å². The van der Waals surface area contributed by atoms with E-state index in [2.05, 4.69) is 10.3 Å². The molecule has 8 heteroatoms. The Hall–Kier alpha value is -1.54. The maximum atomic E-state index is 12.2. The van der Waals surface area contributed by atoms with Crippen LogP contribution in [0.15, 0.2) is 30.5 Å². The fourth-order valence-corrected chi connectivity index (χ4v) is 3.51. The summed E-state index contributed by atoms with van der Waals surface area (Å²) >= 11 is 12.6. The lowest BCUT2D eigenvalue weighted by atomic mass is 10.1. The van der Waals surface area contributed by atoms with Crippen LogP contribution in [0.3, 0.4) is 0 Å². The molecule has 2 heterocycles. The van der Waals surface area contributed by atoms with Crippen molar-refractivity contribution < 1.29 is 9.53 Å². The molecule has 3 rings (SSSR count). The summed E-state index contributed by atoms with van der Waals surface area (Å²) in [4.78, 5) is 19.7. The Labute approximate surface area is 154 Å². The topological polar surface area (TPSA) is 54.5 Å². The quantitative estimate of drug-likeness (QED) is 0.828. The van der Waals surface area contributed by atoms with Crippen molar-refractivity contribution in [3.63, 3.8) is 0 Å². The smallest absolute Gasteiger partial charge is 0.285 e. The molecule has 5 nitrogen and oxygen atoms in total. The summed E-state index contributed by atoms with van der Waals surface area (Å²) in [6, 6.07) is 7.69. The molecule has 1 aliphatic heterocycles. The molecule has 1 aromatic carbocycles. The van der Waals surface area contributed by atoms with Crippen molar-refractivity contribution in [3.05, 3.63) is 45.9 Å². The monoisotopic (exact) mass is 381 g/mol. The summed E-state index contributed by atoms with van der Waals surface area (Å²) in [6.07, 6.45) is 2.52. The second-order valence-corrected chi connectivity index (χ2v) is 7.23. The van der Waals surface area contributed by atoms with Gasteiger partial charge in [-0.25, -0.2) is 4.98 Å². The van der Waals surface area contributed by atoms with Crippen molar-refractivity contribution in [2.45, 2.75) is 6.42 Å². The number of amides is 1. The Bertz CT molecular complexity index is 727. The van der Waals surface area contributed by atoms with Crippen LogP contribution in [0.2, 0.25) is 5.02 Å². The maximum absolute atomic E-state index is 12.2. The van der Waals surface area contributed by atoms with E-state index in [-0.39, 0.29) is 10.9 Å². The van der Waals surface area contributed by atoms with E-state index < -0.39 is 0 Å². The van der Waals surface area contributed by atoms with Gasteiger partial charge in [-0.3, -0.25) is 10.1 Å². The van der Waals surface area contributed by atoms with Crippen LogP contribution < -0.4 is 5.32 Å². The van der Waals surface area contributed by atoms with Crippen molar-refractivity contribution in [2.24, 2.45) is 0 Å². The molecule has 24 heavy (non-hydrogen) atoms. The molecule has 126 valence electrons. The Kier molecular flexibility index (Phi) is 5.78. The summed E-state index contributed by atoms with van der Waals surface area (Å²) in [5.74, 6) is -0.292. The zero-order valence-electron chi connectivity index (χ0n) is 12.8. The van der Waals surface area contributed by atoms with Gasteiger partial charge in [0.2, 0.25) is 0 Å². The van der Waals surface area contributed by atoms with Gasteiger partial charge >= 0.3 is 0 Å². The maximum Gasteiger partial charge on any atom is 0.285 e. The zero-order chi connectivity index (χ0) is 16.9. The summed E-state index contributed by atoms with van der Waals surface area (Å²) in [6.45, 7) is 2.48. The van der Waals surface area contributed by atoms with Crippen molar-refractivity contribution in [2.75, 3.05) is 31.6 Å². The number of nitrogens with zero attached hydrogens (tertiary/aromatic N) is 2. The third kappa shape index (κ3) is 4.51. The van der Waals surface area contributed by atoms with Crippen LogP contribution in [-0.2, 0) is 16.0 Å². The highest BCUT2D eigenvalue weighted by Crippen LogP contribution is 2.22. The number of hydrogen-bond acceptors (Lipinski definition) is 5. The Morgan fingerprint density at radius 1 is 1.33 bits per heavy atom. The van der Waals surface area contributed by atoms with Gasteiger partial charge in [0.25, 0.3) is 5.91 Å². The van der Waals surface area contributed by atoms with Crippen molar-refractivity contribution >= 4 is 51.2 Å². The number of carbonyl (C=O) groups is 1. The number of benzene rings is 1. The van der Waals surface area contributed by atoms with Crippen LogP contribution in [0.1, 0.15) is 10.4 Å². The number of nitrogens with one attached hydrogen (secondary N) is 1. The van der Waals surface area contributed by atoms with E-state index in [0.717, 1.165) is 16.9 Å². The molecule has 1 aliphatic rings. The van der Waals surface area contributed by atoms with E-state index in [1.807, 2.05) is 29.2 Å². The fourth-order valence-electron chi connectivity index (χ4n) is 2.31. The van der Waals surface area contributed by atoms with Crippen LogP contribution in [0.25, 0.3) is 0 Å². The average Bonchev–Trinajstić information content (AvgIpc) is 3.04. The number of ether oxygens (including phenoxy) is 1. The first kappa shape index (κ1) is 17.3. The molecule has 1 fully saturated rings. The first-order valence-corrected chi connectivity index (χ1v) is 9.09.